The summed E-state index contributed by atoms with van der Waals surface area (Å²) < 4.78 is 53.1. The number of benzene rings is 2. The highest BCUT2D eigenvalue weighted by atomic mass is 19.4. The van der Waals surface area contributed by atoms with E-state index in [0.29, 0.717) is 6.42 Å². The highest BCUT2D eigenvalue weighted by molar-refractivity contribution is 5.83. The van der Waals surface area contributed by atoms with Crippen LogP contribution in [-0.2, 0) is 11.0 Å². The van der Waals surface area contributed by atoms with E-state index in [0.717, 1.165) is 11.6 Å². The van der Waals surface area contributed by atoms with Crippen LogP contribution in [0, 0.1) is 11.7 Å². The first-order valence-corrected chi connectivity index (χ1v) is 9.04. The van der Waals surface area contributed by atoms with E-state index >= 15 is 0 Å². The first kappa shape index (κ1) is 20.3. The molecule has 3 nitrogen and oxygen atoms in total. The Morgan fingerprint density at radius 3 is 2.54 bits per heavy atom. The molecule has 1 aliphatic rings. The molecule has 0 aromatic heterocycles. The second-order valence-corrected chi connectivity index (χ2v) is 7.31. The summed E-state index contributed by atoms with van der Waals surface area (Å²) in [5.41, 5.74) is 0.214. The molecule has 1 N–H and O–H groups in total. The number of amides is 1. The third kappa shape index (κ3) is 4.52. The molecule has 1 fully saturated rings. The van der Waals surface area contributed by atoms with E-state index in [-0.39, 0.29) is 29.9 Å². The summed E-state index contributed by atoms with van der Waals surface area (Å²) in [6, 6.07) is 11.3. The molecule has 1 amide bonds. The fourth-order valence-corrected chi connectivity index (χ4v) is 3.55. The van der Waals surface area contributed by atoms with E-state index in [9.17, 15) is 22.4 Å². The van der Waals surface area contributed by atoms with Gasteiger partial charge >= 0.3 is 6.18 Å². The Labute approximate surface area is 161 Å². The number of carbonyl (C=O) groups excluding carboxylic acids is 1. The van der Waals surface area contributed by atoms with Gasteiger partial charge in [-0.1, -0.05) is 30.3 Å². The van der Waals surface area contributed by atoms with Gasteiger partial charge in [-0.2, -0.15) is 13.2 Å². The maximum Gasteiger partial charge on any atom is 0.416 e. The van der Waals surface area contributed by atoms with Crippen LogP contribution in [0.25, 0.3) is 0 Å². The molecule has 0 saturated heterocycles. The van der Waals surface area contributed by atoms with Crippen LogP contribution in [-0.4, -0.2) is 31.4 Å². The van der Waals surface area contributed by atoms with Crippen molar-refractivity contribution in [2.45, 2.75) is 24.6 Å². The largest absolute Gasteiger partial charge is 0.416 e. The number of rotatable bonds is 6. The molecule has 1 saturated carbocycles. The van der Waals surface area contributed by atoms with Crippen LogP contribution in [0.5, 0.6) is 0 Å². The summed E-state index contributed by atoms with van der Waals surface area (Å²) in [6.45, 7) is 0.249. The third-order valence-corrected chi connectivity index (χ3v) is 5.12. The van der Waals surface area contributed by atoms with E-state index in [1.165, 1.54) is 24.3 Å². The molecule has 2 aromatic carbocycles. The Hall–Kier alpha value is -2.41. The van der Waals surface area contributed by atoms with Crippen molar-refractivity contribution in [2.24, 2.45) is 5.92 Å². The zero-order valence-electron chi connectivity index (χ0n) is 15.6. The topological polar surface area (TPSA) is 32.3 Å². The molecular weight excluding hydrogens is 372 g/mol. The average Bonchev–Trinajstić information content (AvgIpc) is 3.41. The molecule has 0 radical (unpaired) electrons. The number of hydrogen-bond donors (Lipinski definition) is 1. The Bertz CT molecular complexity index is 850. The van der Waals surface area contributed by atoms with Gasteiger partial charge in [0.1, 0.15) is 5.82 Å². The van der Waals surface area contributed by atoms with Crippen LogP contribution in [0.4, 0.5) is 17.6 Å². The number of nitrogens with one attached hydrogen (secondary N) is 1. The first-order chi connectivity index (χ1) is 13.2. The van der Waals surface area contributed by atoms with Crippen molar-refractivity contribution in [1.82, 2.24) is 10.2 Å². The maximum absolute atomic E-state index is 13.5. The lowest BCUT2D eigenvalue weighted by molar-refractivity contribution is -0.138. The molecule has 0 heterocycles. The monoisotopic (exact) mass is 394 g/mol. The van der Waals surface area contributed by atoms with E-state index in [1.54, 1.807) is 18.2 Å². The van der Waals surface area contributed by atoms with Gasteiger partial charge in [0.05, 0.1) is 11.6 Å². The minimum atomic E-state index is -4.44. The van der Waals surface area contributed by atoms with Gasteiger partial charge in [-0.25, -0.2) is 4.39 Å². The number of nitrogens with zero attached hydrogens (tertiary/aromatic N) is 1. The van der Waals surface area contributed by atoms with Gasteiger partial charge in [-0.3, -0.25) is 4.79 Å². The fraction of sp³-hybridized carbons (Fsp3) is 0.381. The molecule has 0 bridgehead atoms. The summed E-state index contributed by atoms with van der Waals surface area (Å²) in [7, 11) is 3.64. The molecule has 0 aliphatic heterocycles. The average molecular weight is 394 g/mol. The maximum atomic E-state index is 13.5. The van der Waals surface area contributed by atoms with Gasteiger partial charge in [0.25, 0.3) is 0 Å². The quantitative estimate of drug-likeness (QED) is 0.738. The Balaban J connectivity index is 1.65. The summed E-state index contributed by atoms with van der Waals surface area (Å²) in [4.78, 5) is 14.3. The predicted octanol–water partition coefficient (Wildman–Crippen LogP) is 4.37. The minimum Gasteiger partial charge on any atom is -0.354 e. The van der Waals surface area contributed by atoms with E-state index in [2.05, 4.69) is 5.32 Å². The zero-order chi connectivity index (χ0) is 20.5. The lowest BCUT2D eigenvalue weighted by atomic mass is 10.0. The SMILES string of the molecule is CN(C)C(CNC(=O)C1CC1c1ccccc1C(F)(F)F)c1cccc(F)c1. The Kier molecular flexibility index (Phi) is 5.74. The minimum absolute atomic E-state index is 0.171. The highest BCUT2D eigenvalue weighted by Crippen LogP contribution is 2.51. The number of hydrogen-bond acceptors (Lipinski definition) is 2. The molecule has 0 spiro atoms. The number of halogens is 4. The van der Waals surface area contributed by atoms with Crippen LogP contribution >= 0.6 is 0 Å². The van der Waals surface area contributed by atoms with E-state index < -0.39 is 23.6 Å². The molecule has 150 valence electrons. The number of likely N-dealkylation sites (N-methyl/N-ethyl adjacent to an activating group) is 1. The van der Waals surface area contributed by atoms with Crippen LogP contribution in [0.1, 0.15) is 35.1 Å². The molecule has 3 unspecified atom stereocenters. The first-order valence-electron chi connectivity index (χ1n) is 9.04. The smallest absolute Gasteiger partial charge is 0.354 e. The standard InChI is InChI=1S/C21H22F4N2O/c1-27(2)19(13-6-5-7-14(22)10-13)12-26-20(28)17-11-16(17)15-8-3-4-9-18(15)21(23,24)25/h3-10,16-17,19H,11-12H2,1-2H3,(H,26,28). The van der Waals surface area contributed by atoms with Crippen LogP contribution in [0.2, 0.25) is 0 Å². The van der Waals surface area contributed by atoms with E-state index in [4.69, 9.17) is 0 Å². The molecule has 2 aromatic rings. The van der Waals surface area contributed by atoms with Crippen molar-refractivity contribution in [3.63, 3.8) is 0 Å². The molecular formula is C21H22F4N2O. The van der Waals surface area contributed by atoms with Crippen molar-refractivity contribution in [3.05, 3.63) is 71.0 Å². The van der Waals surface area contributed by atoms with Crippen molar-refractivity contribution in [3.8, 4) is 0 Å². The van der Waals surface area contributed by atoms with Gasteiger partial charge in [-0.05, 0) is 55.8 Å². The van der Waals surface area contributed by atoms with Gasteiger partial charge in [0, 0.05) is 12.5 Å². The number of alkyl halides is 3. The van der Waals surface area contributed by atoms with Gasteiger partial charge in [-0.15, -0.1) is 0 Å². The Morgan fingerprint density at radius 2 is 1.89 bits per heavy atom. The summed E-state index contributed by atoms with van der Waals surface area (Å²) >= 11 is 0. The number of carbonyl (C=O) groups is 1. The van der Waals surface area contributed by atoms with Crippen LogP contribution < -0.4 is 5.32 Å². The highest BCUT2D eigenvalue weighted by Gasteiger charge is 2.47. The Morgan fingerprint density at radius 1 is 1.18 bits per heavy atom. The summed E-state index contributed by atoms with van der Waals surface area (Å²) in [5, 5.41) is 2.82. The van der Waals surface area contributed by atoms with Crippen molar-refractivity contribution >= 4 is 5.91 Å². The molecule has 3 atom stereocenters. The summed E-state index contributed by atoms with van der Waals surface area (Å²) in [5.74, 6) is -1.53. The lowest BCUT2D eigenvalue weighted by Crippen LogP contribution is -2.35. The predicted molar refractivity (Wildman–Crippen MR) is 98.1 cm³/mol. The van der Waals surface area contributed by atoms with Gasteiger partial charge < -0.3 is 10.2 Å². The van der Waals surface area contributed by atoms with Crippen molar-refractivity contribution in [1.29, 1.82) is 0 Å². The van der Waals surface area contributed by atoms with E-state index in [1.807, 2.05) is 19.0 Å². The molecule has 7 heteroatoms. The van der Waals surface area contributed by atoms with Crippen molar-refractivity contribution in [2.75, 3.05) is 20.6 Å². The van der Waals surface area contributed by atoms with Crippen molar-refractivity contribution < 1.29 is 22.4 Å². The zero-order valence-corrected chi connectivity index (χ0v) is 15.6. The molecule has 1 aliphatic carbocycles. The molecule has 28 heavy (non-hydrogen) atoms. The normalized spacial score (nSPS) is 20.1. The second kappa shape index (κ2) is 7.91. The van der Waals surface area contributed by atoms with Gasteiger partial charge in [0.15, 0.2) is 0 Å². The molecule has 3 rings (SSSR count). The van der Waals surface area contributed by atoms with Crippen LogP contribution in [0.15, 0.2) is 48.5 Å². The lowest BCUT2D eigenvalue weighted by Gasteiger charge is -2.25. The fourth-order valence-electron chi connectivity index (χ4n) is 3.55. The van der Waals surface area contributed by atoms with Gasteiger partial charge in [0.2, 0.25) is 5.91 Å². The summed E-state index contributed by atoms with van der Waals surface area (Å²) in [6.07, 6.45) is -4.04. The second-order valence-electron chi connectivity index (χ2n) is 7.31. The third-order valence-electron chi connectivity index (χ3n) is 5.12. The van der Waals surface area contributed by atoms with Crippen LogP contribution in [0.3, 0.4) is 0 Å².